The maximum atomic E-state index is 2.40. The normalized spacial score (nSPS) is 11.1. The lowest BCUT2D eigenvalue weighted by Gasteiger charge is -2.22. The molecule has 0 N–H and O–H groups in total. The molecule has 0 nitrogen and oxygen atoms in total. The van der Waals surface area contributed by atoms with Gasteiger partial charge in [0.25, 0.3) is 0 Å². The van der Waals surface area contributed by atoms with E-state index < -0.39 is 0 Å². The second-order valence-corrected chi connectivity index (χ2v) is 8.14. The molecular weight excluding hydrogens is 348 g/mol. The van der Waals surface area contributed by atoms with Crippen LogP contribution in [0.25, 0.3) is 33.4 Å². The predicted octanol–water partition coefficient (Wildman–Crippen LogP) is 8.43. The van der Waals surface area contributed by atoms with Gasteiger partial charge >= 0.3 is 0 Å². The second-order valence-electron chi connectivity index (χ2n) is 8.14. The van der Waals surface area contributed by atoms with Gasteiger partial charge in [0.05, 0.1) is 0 Å². The Bertz CT molecular complexity index is 1040. The Balaban J connectivity index is 2.09. The van der Waals surface area contributed by atoms with E-state index >= 15 is 0 Å². The molecule has 4 rings (SSSR count). The largest absolute Gasteiger partial charge is 0.0622 e. The molecule has 4 aromatic rings. The molecule has 0 fully saturated rings. The molecule has 0 saturated heterocycles. The summed E-state index contributed by atoms with van der Waals surface area (Å²) in [4.78, 5) is 0. The molecule has 29 heavy (non-hydrogen) atoms. The van der Waals surface area contributed by atoms with Gasteiger partial charge in [-0.3, -0.25) is 0 Å². The zero-order chi connectivity index (χ0) is 20.4. The van der Waals surface area contributed by atoms with Crippen LogP contribution in [0.3, 0.4) is 0 Å². The van der Waals surface area contributed by atoms with Crippen LogP contribution in [0.1, 0.15) is 36.5 Å². The van der Waals surface area contributed by atoms with Gasteiger partial charge in [-0.05, 0) is 82.0 Å². The molecule has 0 heterocycles. The molecule has 0 aliphatic carbocycles. The first-order chi connectivity index (χ1) is 14.1. The molecule has 0 saturated carbocycles. The highest BCUT2D eigenvalue weighted by Crippen LogP contribution is 2.42. The smallest absolute Gasteiger partial charge is 0.0125 e. The van der Waals surface area contributed by atoms with E-state index in [1.54, 1.807) is 0 Å². The van der Waals surface area contributed by atoms with Gasteiger partial charge in [-0.1, -0.05) is 92.7 Å². The third-order valence-electron chi connectivity index (χ3n) is 5.70. The van der Waals surface area contributed by atoms with Crippen molar-refractivity contribution < 1.29 is 0 Å². The fraction of sp³-hybridized carbons (Fsp3) is 0.172. The summed E-state index contributed by atoms with van der Waals surface area (Å²) in [5.74, 6) is 0.424. The van der Waals surface area contributed by atoms with Crippen molar-refractivity contribution in [3.05, 3.63) is 108 Å². The van der Waals surface area contributed by atoms with E-state index in [0.29, 0.717) is 5.92 Å². The van der Waals surface area contributed by atoms with Crippen molar-refractivity contribution in [3.63, 3.8) is 0 Å². The van der Waals surface area contributed by atoms with Crippen molar-refractivity contribution in [2.45, 2.75) is 33.6 Å². The zero-order valence-corrected chi connectivity index (χ0v) is 17.7. The molecule has 0 bridgehead atoms. The van der Waals surface area contributed by atoms with E-state index in [0.717, 1.165) is 0 Å². The molecule has 0 amide bonds. The summed E-state index contributed by atoms with van der Waals surface area (Å²) < 4.78 is 0. The van der Waals surface area contributed by atoms with Gasteiger partial charge in [0, 0.05) is 0 Å². The van der Waals surface area contributed by atoms with Gasteiger partial charge in [0.2, 0.25) is 0 Å². The first-order valence-electron chi connectivity index (χ1n) is 10.4. The highest BCUT2D eigenvalue weighted by molar-refractivity contribution is 5.87. The summed E-state index contributed by atoms with van der Waals surface area (Å²) in [5, 5.41) is 0. The van der Waals surface area contributed by atoms with Gasteiger partial charge in [0.1, 0.15) is 0 Å². The highest BCUT2D eigenvalue weighted by atomic mass is 14.2. The van der Waals surface area contributed by atoms with E-state index in [4.69, 9.17) is 0 Å². The Morgan fingerprint density at radius 2 is 0.966 bits per heavy atom. The van der Waals surface area contributed by atoms with Crippen LogP contribution in [0.4, 0.5) is 0 Å². The van der Waals surface area contributed by atoms with Crippen molar-refractivity contribution in [1.29, 1.82) is 0 Å². The van der Waals surface area contributed by atoms with Gasteiger partial charge in [0.15, 0.2) is 0 Å². The topological polar surface area (TPSA) is 0 Å². The molecule has 0 spiro atoms. The Hall–Kier alpha value is -3.12. The van der Waals surface area contributed by atoms with E-state index in [1.807, 2.05) is 0 Å². The number of rotatable bonds is 4. The van der Waals surface area contributed by atoms with Crippen molar-refractivity contribution in [2.24, 2.45) is 0 Å². The molecule has 0 aromatic heterocycles. The van der Waals surface area contributed by atoms with Gasteiger partial charge in [-0.15, -0.1) is 0 Å². The zero-order valence-electron chi connectivity index (χ0n) is 17.7. The molecule has 0 aliphatic heterocycles. The minimum atomic E-state index is 0.424. The SMILES string of the molecule is Cc1cccc(C)c1-c1cc(-c2ccccc2)c(C(C)C)c(-c2ccccc2)c1. The Labute approximate surface area is 174 Å². The summed E-state index contributed by atoms with van der Waals surface area (Å²) in [7, 11) is 0. The molecule has 0 heteroatoms. The van der Waals surface area contributed by atoms with Crippen molar-refractivity contribution >= 4 is 0 Å². The van der Waals surface area contributed by atoms with Crippen LogP contribution >= 0.6 is 0 Å². The third-order valence-corrected chi connectivity index (χ3v) is 5.70. The first kappa shape index (κ1) is 19.2. The fourth-order valence-corrected chi connectivity index (χ4v) is 4.40. The lowest BCUT2D eigenvalue weighted by Crippen LogP contribution is -1.99. The van der Waals surface area contributed by atoms with Crippen LogP contribution in [0.2, 0.25) is 0 Å². The Kier molecular flexibility index (Phi) is 5.36. The van der Waals surface area contributed by atoms with Crippen molar-refractivity contribution in [2.75, 3.05) is 0 Å². The minimum Gasteiger partial charge on any atom is -0.0622 e. The quantitative estimate of drug-likeness (QED) is 0.335. The Morgan fingerprint density at radius 3 is 1.38 bits per heavy atom. The van der Waals surface area contributed by atoms with Gasteiger partial charge in [-0.2, -0.15) is 0 Å². The van der Waals surface area contributed by atoms with Crippen LogP contribution in [0.15, 0.2) is 91.0 Å². The van der Waals surface area contributed by atoms with Crippen LogP contribution in [0, 0.1) is 13.8 Å². The highest BCUT2D eigenvalue weighted by Gasteiger charge is 2.18. The average Bonchev–Trinajstić information content (AvgIpc) is 2.74. The van der Waals surface area contributed by atoms with Crippen LogP contribution in [0.5, 0.6) is 0 Å². The summed E-state index contributed by atoms with van der Waals surface area (Å²) >= 11 is 0. The molecular formula is C29H28. The molecule has 144 valence electrons. The molecule has 0 atom stereocenters. The van der Waals surface area contributed by atoms with Crippen molar-refractivity contribution in [3.8, 4) is 33.4 Å². The number of hydrogen-bond acceptors (Lipinski definition) is 0. The summed E-state index contributed by atoms with van der Waals surface area (Å²) in [6.07, 6.45) is 0. The lowest BCUT2D eigenvalue weighted by atomic mass is 9.82. The molecule has 0 aliphatic rings. The third kappa shape index (κ3) is 3.76. The lowest BCUT2D eigenvalue weighted by molar-refractivity contribution is 0.871. The van der Waals surface area contributed by atoms with E-state index in [1.165, 1.54) is 50.1 Å². The predicted molar refractivity (Wildman–Crippen MR) is 126 cm³/mol. The number of hydrogen-bond donors (Lipinski definition) is 0. The average molecular weight is 377 g/mol. The van der Waals surface area contributed by atoms with Gasteiger partial charge < -0.3 is 0 Å². The summed E-state index contributed by atoms with van der Waals surface area (Å²) in [6, 6.07) is 33.0. The molecule has 0 radical (unpaired) electrons. The number of aryl methyl sites for hydroxylation is 2. The maximum Gasteiger partial charge on any atom is -0.0125 e. The van der Waals surface area contributed by atoms with Crippen LogP contribution in [-0.4, -0.2) is 0 Å². The van der Waals surface area contributed by atoms with Crippen molar-refractivity contribution in [1.82, 2.24) is 0 Å². The van der Waals surface area contributed by atoms with E-state index in [2.05, 4.69) is 119 Å². The molecule has 0 unspecified atom stereocenters. The summed E-state index contributed by atoms with van der Waals surface area (Å²) in [6.45, 7) is 9.02. The maximum absolute atomic E-state index is 2.40. The van der Waals surface area contributed by atoms with E-state index in [9.17, 15) is 0 Å². The number of benzene rings is 4. The van der Waals surface area contributed by atoms with Crippen LogP contribution in [-0.2, 0) is 0 Å². The molecule has 4 aromatic carbocycles. The van der Waals surface area contributed by atoms with Gasteiger partial charge in [-0.25, -0.2) is 0 Å². The fourth-order valence-electron chi connectivity index (χ4n) is 4.40. The summed E-state index contributed by atoms with van der Waals surface area (Å²) in [5.41, 5.74) is 11.9. The monoisotopic (exact) mass is 376 g/mol. The van der Waals surface area contributed by atoms with Crippen LogP contribution < -0.4 is 0 Å². The Morgan fingerprint density at radius 1 is 0.517 bits per heavy atom. The minimum absolute atomic E-state index is 0.424. The van der Waals surface area contributed by atoms with E-state index in [-0.39, 0.29) is 0 Å². The first-order valence-corrected chi connectivity index (χ1v) is 10.4. The standard InChI is InChI=1S/C29H28/c1-20(2)28-26(23-14-7-5-8-15-23)18-25(29-21(3)12-11-13-22(29)4)19-27(28)24-16-9-6-10-17-24/h5-20H,1-4H3. The second kappa shape index (κ2) is 8.09.